The Labute approximate surface area is 107 Å². The van der Waals surface area contributed by atoms with E-state index >= 15 is 0 Å². The van der Waals surface area contributed by atoms with Crippen LogP contribution in [-0.4, -0.2) is 35.7 Å². The third kappa shape index (κ3) is 4.05. The van der Waals surface area contributed by atoms with Gasteiger partial charge in [0.2, 0.25) is 0 Å². The number of rotatable bonds is 4. The summed E-state index contributed by atoms with van der Waals surface area (Å²) in [5.41, 5.74) is 0.981. The molecule has 2 nitrogen and oxygen atoms in total. The van der Waals surface area contributed by atoms with Crippen molar-refractivity contribution in [3.8, 4) is 11.8 Å². The van der Waals surface area contributed by atoms with Crippen LogP contribution in [0.15, 0.2) is 24.3 Å². The van der Waals surface area contributed by atoms with E-state index in [0.29, 0.717) is 6.04 Å². The summed E-state index contributed by atoms with van der Waals surface area (Å²) in [7, 11) is 0. The molecule has 1 aromatic rings. The van der Waals surface area contributed by atoms with Crippen LogP contribution in [0.25, 0.3) is 0 Å². The van der Waals surface area contributed by atoms with Gasteiger partial charge in [-0.15, -0.1) is 0 Å². The molecular weight excluding hydrogens is 234 g/mol. The van der Waals surface area contributed by atoms with Crippen LogP contribution in [0.5, 0.6) is 0 Å². The van der Waals surface area contributed by atoms with Crippen molar-refractivity contribution in [2.45, 2.75) is 18.9 Å². The maximum absolute atomic E-state index is 8.96. The summed E-state index contributed by atoms with van der Waals surface area (Å²) in [5.74, 6) is 6.26. The van der Waals surface area contributed by atoms with Crippen LogP contribution in [0.3, 0.4) is 0 Å². The summed E-state index contributed by atoms with van der Waals surface area (Å²) >= 11 is 5.80. The average Bonchev–Trinajstić information content (AvgIpc) is 3.15. The minimum Gasteiger partial charge on any atom is -0.395 e. The van der Waals surface area contributed by atoms with E-state index in [1.54, 1.807) is 0 Å². The molecule has 1 aromatic carbocycles. The van der Waals surface area contributed by atoms with Gasteiger partial charge in [-0.2, -0.15) is 0 Å². The fraction of sp³-hybridized carbons (Fsp3) is 0.429. The second-order valence-electron chi connectivity index (χ2n) is 4.23. The van der Waals surface area contributed by atoms with Gasteiger partial charge in [0.05, 0.1) is 13.2 Å². The van der Waals surface area contributed by atoms with Crippen molar-refractivity contribution in [3.05, 3.63) is 34.9 Å². The molecule has 0 aromatic heterocycles. The number of hydrogen-bond acceptors (Lipinski definition) is 2. The van der Waals surface area contributed by atoms with E-state index in [0.717, 1.165) is 23.7 Å². The van der Waals surface area contributed by atoms with Crippen LogP contribution in [0, 0.1) is 11.8 Å². The molecule has 0 aliphatic heterocycles. The lowest BCUT2D eigenvalue weighted by molar-refractivity contribution is 0.204. The Bertz CT molecular complexity index is 414. The third-order valence-corrected chi connectivity index (χ3v) is 3.06. The second-order valence-corrected chi connectivity index (χ2v) is 4.67. The molecule has 1 N–H and O–H groups in total. The second kappa shape index (κ2) is 6.07. The van der Waals surface area contributed by atoms with Crippen molar-refractivity contribution in [2.24, 2.45) is 0 Å². The number of benzene rings is 1. The molecule has 1 aliphatic carbocycles. The summed E-state index contributed by atoms with van der Waals surface area (Å²) in [6, 6.07) is 8.17. The van der Waals surface area contributed by atoms with Gasteiger partial charge in [-0.05, 0) is 37.1 Å². The lowest BCUT2D eigenvalue weighted by atomic mass is 10.2. The van der Waals surface area contributed by atoms with Gasteiger partial charge in [-0.3, -0.25) is 4.90 Å². The molecule has 0 saturated heterocycles. The predicted molar refractivity (Wildman–Crippen MR) is 70.0 cm³/mol. The molecule has 3 heteroatoms. The van der Waals surface area contributed by atoms with Gasteiger partial charge < -0.3 is 5.11 Å². The highest BCUT2D eigenvalue weighted by Gasteiger charge is 2.27. The van der Waals surface area contributed by atoms with Crippen molar-refractivity contribution in [1.29, 1.82) is 0 Å². The van der Waals surface area contributed by atoms with Gasteiger partial charge in [0.1, 0.15) is 0 Å². The largest absolute Gasteiger partial charge is 0.395 e. The van der Waals surface area contributed by atoms with Gasteiger partial charge >= 0.3 is 0 Å². The first-order valence-corrected chi connectivity index (χ1v) is 6.27. The molecule has 0 spiro atoms. The molecule has 0 atom stereocenters. The quantitative estimate of drug-likeness (QED) is 0.827. The Kier molecular flexibility index (Phi) is 4.44. The lowest BCUT2D eigenvalue weighted by Crippen LogP contribution is -2.29. The van der Waals surface area contributed by atoms with E-state index in [-0.39, 0.29) is 6.61 Å². The molecule has 0 heterocycles. The van der Waals surface area contributed by atoms with E-state index in [9.17, 15) is 0 Å². The number of aliphatic hydroxyl groups excluding tert-OH is 1. The van der Waals surface area contributed by atoms with Crippen LogP contribution in [-0.2, 0) is 0 Å². The van der Waals surface area contributed by atoms with Crippen LogP contribution < -0.4 is 0 Å². The van der Waals surface area contributed by atoms with Crippen molar-refractivity contribution in [3.63, 3.8) is 0 Å². The highest BCUT2D eigenvalue weighted by atomic mass is 35.5. The molecule has 1 saturated carbocycles. The molecule has 1 aliphatic rings. The SMILES string of the molecule is OCCN(CC#Cc1ccc(Cl)cc1)C1CC1. The normalized spacial score (nSPS) is 14.5. The van der Waals surface area contributed by atoms with Crippen molar-refractivity contribution >= 4 is 11.6 Å². The van der Waals surface area contributed by atoms with Crippen LogP contribution in [0.4, 0.5) is 0 Å². The van der Waals surface area contributed by atoms with Gasteiger partial charge in [0.15, 0.2) is 0 Å². The van der Waals surface area contributed by atoms with E-state index in [2.05, 4.69) is 16.7 Å². The standard InChI is InChI=1S/C14H16ClNO/c15-13-5-3-12(4-6-13)2-1-9-16(10-11-17)14-7-8-14/h3-6,14,17H,7-11H2. The van der Waals surface area contributed by atoms with Crippen molar-refractivity contribution in [2.75, 3.05) is 19.7 Å². The maximum atomic E-state index is 8.96. The number of halogens is 1. The Balaban J connectivity index is 1.89. The van der Waals surface area contributed by atoms with E-state index in [1.807, 2.05) is 24.3 Å². The number of aliphatic hydroxyl groups is 1. The fourth-order valence-corrected chi connectivity index (χ4v) is 1.86. The molecule has 17 heavy (non-hydrogen) atoms. The predicted octanol–water partition coefficient (Wildman–Crippen LogP) is 2.15. The van der Waals surface area contributed by atoms with Crippen LogP contribution in [0.2, 0.25) is 5.02 Å². The van der Waals surface area contributed by atoms with Gasteiger partial charge in [-0.1, -0.05) is 23.4 Å². The molecule has 2 rings (SSSR count). The first-order chi connectivity index (χ1) is 8.29. The lowest BCUT2D eigenvalue weighted by Gasteiger charge is -2.16. The first kappa shape index (κ1) is 12.4. The van der Waals surface area contributed by atoms with Crippen molar-refractivity contribution in [1.82, 2.24) is 4.90 Å². The smallest absolute Gasteiger partial charge is 0.0608 e. The maximum Gasteiger partial charge on any atom is 0.0608 e. The topological polar surface area (TPSA) is 23.5 Å². The monoisotopic (exact) mass is 249 g/mol. The summed E-state index contributed by atoms with van der Waals surface area (Å²) in [6.07, 6.45) is 2.48. The summed E-state index contributed by atoms with van der Waals surface area (Å²) < 4.78 is 0. The Morgan fingerprint density at radius 2 is 2.00 bits per heavy atom. The zero-order valence-electron chi connectivity index (χ0n) is 9.69. The average molecular weight is 250 g/mol. The molecule has 0 bridgehead atoms. The van der Waals surface area contributed by atoms with E-state index in [4.69, 9.17) is 16.7 Å². The summed E-state index contributed by atoms with van der Waals surface area (Å²) in [5, 5.41) is 9.69. The fourth-order valence-electron chi connectivity index (χ4n) is 1.74. The zero-order valence-corrected chi connectivity index (χ0v) is 10.5. The minimum atomic E-state index is 0.207. The zero-order chi connectivity index (χ0) is 12.1. The van der Waals surface area contributed by atoms with E-state index < -0.39 is 0 Å². The van der Waals surface area contributed by atoms with Gasteiger partial charge in [0, 0.05) is 23.2 Å². The Morgan fingerprint density at radius 1 is 1.29 bits per heavy atom. The van der Waals surface area contributed by atoms with Gasteiger partial charge in [0.25, 0.3) is 0 Å². The highest BCUT2D eigenvalue weighted by molar-refractivity contribution is 6.30. The van der Waals surface area contributed by atoms with Crippen molar-refractivity contribution < 1.29 is 5.11 Å². The third-order valence-electron chi connectivity index (χ3n) is 2.81. The summed E-state index contributed by atoms with van der Waals surface area (Å²) in [6.45, 7) is 1.66. The molecule has 0 radical (unpaired) electrons. The van der Waals surface area contributed by atoms with Gasteiger partial charge in [-0.25, -0.2) is 0 Å². The molecular formula is C14H16ClNO. The molecule has 90 valence electrons. The first-order valence-electron chi connectivity index (χ1n) is 5.89. The van der Waals surface area contributed by atoms with Crippen LogP contribution >= 0.6 is 11.6 Å². The number of hydrogen-bond donors (Lipinski definition) is 1. The van der Waals surface area contributed by atoms with E-state index in [1.165, 1.54) is 12.8 Å². The highest BCUT2D eigenvalue weighted by Crippen LogP contribution is 2.25. The molecule has 0 unspecified atom stereocenters. The number of nitrogens with zero attached hydrogens (tertiary/aromatic N) is 1. The Morgan fingerprint density at radius 3 is 2.59 bits per heavy atom. The molecule has 1 fully saturated rings. The summed E-state index contributed by atoms with van der Waals surface area (Å²) in [4.78, 5) is 2.24. The minimum absolute atomic E-state index is 0.207. The Hall–Kier alpha value is -1.01. The molecule has 0 amide bonds. The van der Waals surface area contributed by atoms with Crippen LogP contribution in [0.1, 0.15) is 18.4 Å².